The summed E-state index contributed by atoms with van der Waals surface area (Å²) in [4.78, 5) is 10.5. The lowest BCUT2D eigenvalue weighted by atomic mass is 10.0. The molecule has 2 nitrogen and oxygen atoms in total. The van der Waals surface area contributed by atoms with Gasteiger partial charge in [-0.1, -0.05) is 129 Å². The standard InChI is InChI=1S/C24H50O2/c1-3-5-7-9-11-12-13-14-15-16-17-18-20-22-24-26-25-23-21-19-10-8-6-4-2/h3-24H2,1-2H3. The lowest BCUT2D eigenvalue weighted by Gasteiger charge is -2.05. The lowest BCUT2D eigenvalue weighted by molar-refractivity contribution is -0.295. The fourth-order valence-corrected chi connectivity index (χ4v) is 3.41. The third-order valence-electron chi connectivity index (χ3n) is 5.25. The van der Waals surface area contributed by atoms with Crippen LogP contribution in [-0.4, -0.2) is 13.2 Å². The van der Waals surface area contributed by atoms with Gasteiger partial charge in [0.2, 0.25) is 0 Å². The van der Waals surface area contributed by atoms with Crippen molar-refractivity contribution >= 4 is 0 Å². The van der Waals surface area contributed by atoms with Crippen molar-refractivity contribution in [3.63, 3.8) is 0 Å². The molecule has 0 N–H and O–H groups in total. The summed E-state index contributed by atoms with van der Waals surface area (Å²) in [5.74, 6) is 0. The SMILES string of the molecule is CCCCCCCCCCCCCCCCOOCCCCCCCC. The molecular formula is C24H50O2. The molecule has 0 atom stereocenters. The molecular weight excluding hydrogens is 320 g/mol. The van der Waals surface area contributed by atoms with E-state index >= 15 is 0 Å². The van der Waals surface area contributed by atoms with Crippen LogP contribution in [0.15, 0.2) is 0 Å². The summed E-state index contributed by atoms with van der Waals surface area (Å²) >= 11 is 0. The predicted molar refractivity (Wildman–Crippen MR) is 116 cm³/mol. The van der Waals surface area contributed by atoms with Crippen molar-refractivity contribution in [1.82, 2.24) is 0 Å². The van der Waals surface area contributed by atoms with Crippen LogP contribution in [0.25, 0.3) is 0 Å². The van der Waals surface area contributed by atoms with Crippen LogP contribution in [-0.2, 0) is 9.78 Å². The molecule has 0 aromatic carbocycles. The topological polar surface area (TPSA) is 18.5 Å². The van der Waals surface area contributed by atoms with Gasteiger partial charge < -0.3 is 0 Å². The summed E-state index contributed by atoms with van der Waals surface area (Å²) < 4.78 is 0. The van der Waals surface area contributed by atoms with Gasteiger partial charge in [0.25, 0.3) is 0 Å². The number of hydrogen-bond acceptors (Lipinski definition) is 2. The van der Waals surface area contributed by atoms with Gasteiger partial charge in [-0.15, -0.1) is 0 Å². The molecule has 0 radical (unpaired) electrons. The Morgan fingerprint density at radius 1 is 0.308 bits per heavy atom. The number of hydrogen-bond donors (Lipinski definition) is 0. The fourth-order valence-electron chi connectivity index (χ4n) is 3.41. The molecule has 0 aliphatic heterocycles. The molecule has 0 unspecified atom stereocenters. The van der Waals surface area contributed by atoms with Gasteiger partial charge in [-0.25, -0.2) is 9.78 Å². The molecule has 26 heavy (non-hydrogen) atoms. The number of unbranched alkanes of at least 4 members (excludes halogenated alkanes) is 18. The van der Waals surface area contributed by atoms with Gasteiger partial charge in [0.15, 0.2) is 0 Å². The Kier molecular flexibility index (Phi) is 24.8. The van der Waals surface area contributed by atoms with E-state index in [1.807, 2.05) is 0 Å². The van der Waals surface area contributed by atoms with Crippen molar-refractivity contribution in [2.45, 2.75) is 142 Å². The zero-order valence-electron chi connectivity index (χ0n) is 18.4. The van der Waals surface area contributed by atoms with Crippen LogP contribution in [0.5, 0.6) is 0 Å². The van der Waals surface area contributed by atoms with E-state index in [1.54, 1.807) is 0 Å². The third-order valence-corrected chi connectivity index (χ3v) is 5.25. The van der Waals surface area contributed by atoms with Gasteiger partial charge in [-0.2, -0.15) is 0 Å². The number of rotatable bonds is 23. The highest BCUT2D eigenvalue weighted by Gasteiger charge is 1.95. The second-order valence-corrected chi connectivity index (χ2v) is 8.01. The van der Waals surface area contributed by atoms with Crippen molar-refractivity contribution < 1.29 is 9.78 Å². The molecule has 2 heteroatoms. The molecule has 0 spiro atoms. The van der Waals surface area contributed by atoms with Crippen molar-refractivity contribution in [2.75, 3.05) is 13.2 Å². The van der Waals surface area contributed by atoms with Crippen LogP contribution in [0, 0.1) is 0 Å². The van der Waals surface area contributed by atoms with Crippen LogP contribution >= 0.6 is 0 Å². The van der Waals surface area contributed by atoms with Crippen LogP contribution in [0.1, 0.15) is 142 Å². The summed E-state index contributed by atoms with van der Waals surface area (Å²) in [6, 6.07) is 0. The molecule has 0 saturated heterocycles. The van der Waals surface area contributed by atoms with Gasteiger partial charge in [0, 0.05) is 0 Å². The minimum Gasteiger partial charge on any atom is -0.237 e. The molecule has 0 fully saturated rings. The van der Waals surface area contributed by atoms with Gasteiger partial charge in [0.1, 0.15) is 0 Å². The minimum absolute atomic E-state index is 0.769. The molecule has 0 rings (SSSR count). The normalized spacial score (nSPS) is 11.3. The van der Waals surface area contributed by atoms with Crippen LogP contribution in [0.4, 0.5) is 0 Å². The van der Waals surface area contributed by atoms with E-state index in [0.29, 0.717) is 0 Å². The van der Waals surface area contributed by atoms with Crippen LogP contribution in [0.2, 0.25) is 0 Å². The minimum atomic E-state index is 0.769. The molecule has 0 amide bonds. The van der Waals surface area contributed by atoms with Gasteiger partial charge >= 0.3 is 0 Å². The maximum atomic E-state index is 5.27. The van der Waals surface area contributed by atoms with E-state index in [0.717, 1.165) is 26.1 Å². The monoisotopic (exact) mass is 370 g/mol. The summed E-state index contributed by atoms with van der Waals surface area (Å²) in [5.41, 5.74) is 0. The smallest absolute Gasteiger partial charge is 0.0822 e. The molecule has 158 valence electrons. The fraction of sp³-hybridized carbons (Fsp3) is 1.00. The lowest BCUT2D eigenvalue weighted by Crippen LogP contribution is -1.99. The van der Waals surface area contributed by atoms with Crippen LogP contribution < -0.4 is 0 Å². The average Bonchev–Trinajstić information content (AvgIpc) is 2.66. The molecule has 0 aliphatic carbocycles. The largest absolute Gasteiger partial charge is 0.237 e. The predicted octanol–water partition coefficient (Wildman–Crippen LogP) is 8.78. The van der Waals surface area contributed by atoms with Crippen LogP contribution in [0.3, 0.4) is 0 Å². The first-order chi connectivity index (χ1) is 12.9. The van der Waals surface area contributed by atoms with E-state index in [2.05, 4.69) is 13.8 Å². The second kappa shape index (κ2) is 24.9. The van der Waals surface area contributed by atoms with Gasteiger partial charge in [0.05, 0.1) is 13.2 Å². The molecule has 0 aliphatic rings. The summed E-state index contributed by atoms with van der Waals surface area (Å²) in [5, 5.41) is 0. The molecule has 0 bridgehead atoms. The van der Waals surface area contributed by atoms with E-state index in [4.69, 9.17) is 9.78 Å². The summed E-state index contributed by atoms with van der Waals surface area (Å²) in [6.45, 7) is 6.09. The zero-order valence-corrected chi connectivity index (χ0v) is 18.4. The Morgan fingerprint density at radius 2 is 0.538 bits per heavy atom. The van der Waals surface area contributed by atoms with Gasteiger partial charge in [-0.05, 0) is 12.8 Å². The Hall–Kier alpha value is -0.0800. The summed E-state index contributed by atoms with van der Waals surface area (Å²) in [6.07, 6.45) is 27.4. The Labute approximate surface area is 165 Å². The van der Waals surface area contributed by atoms with Crippen molar-refractivity contribution in [2.24, 2.45) is 0 Å². The zero-order chi connectivity index (χ0) is 19.0. The molecule has 0 aromatic heterocycles. The Balaban J connectivity index is 2.95. The maximum Gasteiger partial charge on any atom is 0.0822 e. The second-order valence-electron chi connectivity index (χ2n) is 8.01. The highest BCUT2D eigenvalue weighted by molar-refractivity contribution is 4.49. The average molecular weight is 371 g/mol. The highest BCUT2D eigenvalue weighted by atomic mass is 17.2. The van der Waals surface area contributed by atoms with E-state index in [9.17, 15) is 0 Å². The maximum absolute atomic E-state index is 5.27. The first-order valence-electron chi connectivity index (χ1n) is 12.2. The molecule has 0 saturated carbocycles. The Bertz CT molecular complexity index is 206. The van der Waals surface area contributed by atoms with Crippen molar-refractivity contribution in [1.29, 1.82) is 0 Å². The van der Waals surface area contributed by atoms with E-state index < -0.39 is 0 Å². The van der Waals surface area contributed by atoms with Crippen molar-refractivity contribution in [3.8, 4) is 0 Å². The third kappa shape index (κ3) is 23.9. The van der Waals surface area contributed by atoms with Crippen molar-refractivity contribution in [3.05, 3.63) is 0 Å². The van der Waals surface area contributed by atoms with E-state index in [1.165, 1.54) is 116 Å². The quantitative estimate of drug-likeness (QED) is 0.102. The van der Waals surface area contributed by atoms with Gasteiger partial charge in [-0.3, -0.25) is 0 Å². The molecule has 0 aromatic rings. The van der Waals surface area contributed by atoms with E-state index in [-0.39, 0.29) is 0 Å². The highest BCUT2D eigenvalue weighted by Crippen LogP contribution is 2.13. The summed E-state index contributed by atoms with van der Waals surface area (Å²) in [7, 11) is 0. The first kappa shape index (κ1) is 25.9. The molecule has 0 heterocycles. The first-order valence-corrected chi connectivity index (χ1v) is 12.2. The Morgan fingerprint density at radius 3 is 0.808 bits per heavy atom.